The molecule has 1 aliphatic heterocycles. The maximum atomic E-state index is 13.1. The van der Waals surface area contributed by atoms with Crippen molar-refractivity contribution in [2.45, 2.75) is 39.8 Å². The molecule has 7 nitrogen and oxygen atoms in total. The molecule has 164 valence electrons. The van der Waals surface area contributed by atoms with Crippen molar-refractivity contribution in [3.05, 3.63) is 82.6 Å². The van der Waals surface area contributed by atoms with E-state index in [4.69, 9.17) is 9.26 Å². The van der Waals surface area contributed by atoms with E-state index in [1.807, 2.05) is 32.9 Å². The van der Waals surface area contributed by atoms with Gasteiger partial charge >= 0.3 is 5.91 Å². The Kier molecular flexibility index (Phi) is 5.57. The summed E-state index contributed by atoms with van der Waals surface area (Å²) in [4.78, 5) is 27.4. The summed E-state index contributed by atoms with van der Waals surface area (Å²) in [5, 5.41) is 15.0. The van der Waals surface area contributed by atoms with Crippen molar-refractivity contribution in [3.8, 4) is 5.75 Å². The van der Waals surface area contributed by atoms with Gasteiger partial charge in [-0.3, -0.25) is 14.5 Å². The number of ketones is 1. The third-order valence-corrected chi connectivity index (χ3v) is 5.20. The molecule has 1 aromatic heterocycles. The van der Waals surface area contributed by atoms with Crippen LogP contribution in [0.2, 0.25) is 0 Å². The lowest BCUT2D eigenvalue weighted by Gasteiger charge is -2.23. The van der Waals surface area contributed by atoms with E-state index in [0.29, 0.717) is 22.6 Å². The van der Waals surface area contributed by atoms with Gasteiger partial charge in [0.1, 0.15) is 17.3 Å². The molecule has 1 amide bonds. The molecule has 1 fully saturated rings. The van der Waals surface area contributed by atoms with E-state index in [1.54, 1.807) is 49.4 Å². The second-order valence-corrected chi connectivity index (χ2v) is 8.07. The molecule has 2 aromatic carbocycles. The smallest absolute Gasteiger partial charge is 0.301 e. The van der Waals surface area contributed by atoms with E-state index in [9.17, 15) is 14.7 Å². The van der Waals surface area contributed by atoms with Gasteiger partial charge in [-0.15, -0.1) is 0 Å². The summed E-state index contributed by atoms with van der Waals surface area (Å²) in [7, 11) is 0. The summed E-state index contributed by atoms with van der Waals surface area (Å²) in [5.74, 6) is -0.425. The van der Waals surface area contributed by atoms with Crippen molar-refractivity contribution in [1.29, 1.82) is 0 Å². The molecule has 0 saturated carbocycles. The lowest BCUT2D eigenvalue weighted by Crippen LogP contribution is -2.29. The molecule has 0 unspecified atom stereocenters. The molecule has 1 atom stereocenters. The van der Waals surface area contributed by atoms with Crippen LogP contribution in [-0.4, -0.2) is 28.1 Å². The molecule has 2 heterocycles. The maximum Gasteiger partial charge on any atom is 0.301 e. The molecular formula is C25H24N2O5. The molecule has 3 aromatic rings. The number of nitrogens with zero attached hydrogens (tertiary/aromatic N) is 2. The zero-order valence-corrected chi connectivity index (χ0v) is 18.3. The number of anilines is 1. The Morgan fingerprint density at radius 1 is 1.06 bits per heavy atom. The van der Waals surface area contributed by atoms with Crippen LogP contribution in [0, 0.1) is 13.8 Å². The fraction of sp³-hybridized carbons (Fsp3) is 0.240. The Labute approximate surface area is 185 Å². The summed E-state index contributed by atoms with van der Waals surface area (Å²) >= 11 is 0. The van der Waals surface area contributed by atoms with Crippen LogP contribution >= 0.6 is 0 Å². The van der Waals surface area contributed by atoms with Crippen molar-refractivity contribution >= 4 is 23.3 Å². The molecule has 7 heteroatoms. The highest BCUT2D eigenvalue weighted by Crippen LogP contribution is 2.42. The molecule has 1 saturated heterocycles. The van der Waals surface area contributed by atoms with Gasteiger partial charge in [0.2, 0.25) is 0 Å². The normalized spacial score (nSPS) is 17.9. The second-order valence-electron chi connectivity index (χ2n) is 8.07. The molecule has 4 rings (SSSR count). The molecular weight excluding hydrogens is 408 g/mol. The average Bonchev–Trinajstić information content (AvgIpc) is 3.29. The van der Waals surface area contributed by atoms with E-state index < -0.39 is 17.7 Å². The van der Waals surface area contributed by atoms with E-state index in [0.717, 1.165) is 5.56 Å². The summed E-state index contributed by atoms with van der Waals surface area (Å²) < 4.78 is 10.9. The molecule has 0 radical (unpaired) electrons. The van der Waals surface area contributed by atoms with Crippen LogP contribution in [0.15, 0.2) is 64.7 Å². The topological polar surface area (TPSA) is 92.9 Å². The number of carbonyl (C=O) groups excluding carboxylic acids is 2. The molecule has 0 spiro atoms. The van der Waals surface area contributed by atoms with Gasteiger partial charge in [-0.1, -0.05) is 47.1 Å². The number of hydrogen-bond donors (Lipinski definition) is 1. The number of Topliss-reactive ketones (excluding diaryl/α,β-unsaturated/α-hetero) is 1. The fourth-order valence-corrected chi connectivity index (χ4v) is 3.72. The van der Waals surface area contributed by atoms with Gasteiger partial charge in [0, 0.05) is 11.6 Å². The number of rotatable bonds is 5. The Morgan fingerprint density at radius 2 is 1.72 bits per heavy atom. The lowest BCUT2D eigenvalue weighted by atomic mass is 9.95. The summed E-state index contributed by atoms with van der Waals surface area (Å²) in [6, 6.07) is 14.9. The van der Waals surface area contributed by atoms with Crippen molar-refractivity contribution in [3.63, 3.8) is 0 Å². The van der Waals surface area contributed by atoms with E-state index >= 15 is 0 Å². The SMILES string of the molecule is Cc1ccc(C(O)=C2C(=O)C(=O)N(c3cc(C)on3)[C@@H]2c2ccc(OC(C)C)cc2)cc1. The van der Waals surface area contributed by atoms with Crippen molar-refractivity contribution in [1.82, 2.24) is 5.16 Å². The van der Waals surface area contributed by atoms with Crippen LogP contribution in [0.3, 0.4) is 0 Å². The highest BCUT2D eigenvalue weighted by Gasteiger charge is 2.48. The van der Waals surface area contributed by atoms with Gasteiger partial charge < -0.3 is 14.4 Å². The number of amides is 1. The number of carbonyl (C=O) groups is 2. The zero-order valence-electron chi connectivity index (χ0n) is 18.3. The molecule has 1 N–H and O–H groups in total. The van der Waals surface area contributed by atoms with Crippen LogP contribution in [0.1, 0.15) is 42.3 Å². The number of aliphatic hydroxyl groups is 1. The quantitative estimate of drug-likeness (QED) is 0.357. The van der Waals surface area contributed by atoms with Gasteiger partial charge in [-0.25, -0.2) is 0 Å². The number of hydrogen-bond acceptors (Lipinski definition) is 6. The van der Waals surface area contributed by atoms with Crippen molar-refractivity contribution < 1.29 is 24.0 Å². The Bertz CT molecular complexity index is 1190. The molecule has 0 bridgehead atoms. The van der Waals surface area contributed by atoms with E-state index in [2.05, 4.69) is 5.16 Å². The van der Waals surface area contributed by atoms with Crippen LogP contribution in [0.5, 0.6) is 5.75 Å². The standard InChI is InChI=1S/C25H24N2O5/c1-14(2)31-19-11-9-17(10-12-19)22-21(23(28)18-7-5-15(3)6-8-18)24(29)25(30)27(22)20-13-16(4)32-26-20/h5-14,22,28H,1-4H3/t22-/m1/s1. The maximum absolute atomic E-state index is 13.1. The van der Waals surface area contributed by atoms with Crippen LogP contribution in [0.25, 0.3) is 5.76 Å². The predicted molar refractivity (Wildman–Crippen MR) is 119 cm³/mol. The van der Waals surface area contributed by atoms with Gasteiger partial charge in [0.15, 0.2) is 5.82 Å². The van der Waals surface area contributed by atoms with Crippen molar-refractivity contribution in [2.24, 2.45) is 0 Å². The number of aromatic nitrogens is 1. The minimum atomic E-state index is -0.867. The number of aliphatic hydroxyl groups excluding tert-OH is 1. The number of aryl methyl sites for hydroxylation is 2. The minimum absolute atomic E-state index is 0.00275. The minimum Gasteiger partial charge on any atom is -0.507 e. The highest BCUT2D eigenvalue weighted by molar-refractivity contribution is 6.51. The zero-order chi connectivity index (χ0) is 23.0. The third-order valence-electron chi connectivity index (χ3n) is 5.20. The summed E-state index contributed by atoms with van der Waals surface area (Å²) in [6.07, 6.45) is 0.00567. The Balaban J connectivity index is 1.87. The van der Waals surface area contributed by atoms with Gasteiger partial charge in [-0.05, 0) is 45.4 Å². The third kappa shape index (κ3) is 3.89. The van der Waals surface area contributed by atoms with Crippen molar-refractivity contribution in [2.75, 3.05) is 4.90 Å². The van der Waals surface area contributed by atoms with E-state index in [1.165, 1.54) is 4.90 Å². The molecule has 0 aliphatic carbocycles. The molecule has 1 aliphatic rings. The first kappa shape index (κ1) is 21.4. The largest absolute Gasteiger partial charge is 0.507 e. The summed E-state index contributed by atoms with van der Waals surface area (Å²) in [6.45, 7) is 7.48. The summed E-state index contributed by atoms with van der Waals surface area (Å²) in [5.41, 5.74) is 2.10. The number of benzene rings is 2. The monoisotopic (exact) mass is 432 g/mol. The lowest BCUT2D eigenvalue weighted by molar-refractivity contribution is -0.132. The molecule has 32 heavy (non-hydrogen) atoms. The predicted octanol–water partition coefficient (Wildman–Crippen LogP) is 4.70. The first-order valence-electron chi connectivity index (χ1n) is 10.3. The first-order valence-corrected chi connectivity index (χ1v) is 10.3. The average molecular weight is 432 g/mol. The van der Waals surface area contributed by atoms with Gasteiger partial charge in [-0.2, -0.15) is 0 Å². The fourth-order valence-electron chi connectivity index (χ4n) is 3.72. The van der Waals surface area contributed by atoms with Crippen LogP contribution in [-0.2, 0) is 9.59 Å². The van der Waals surface area contributed by atoms with Gasteiger partial charge in [0.25, 0.3) is 5.78 Å². The van der Waals surface area contributed by atoms with Crippen LogP contribution < -0.4 is 9.64 Å². The second kappa shape index (κ2) is 8.34. The Morgan fingerprint density at radius 3 is 2.28 bits per heavy atom. The van der Waals surface area contributed by atoms with E-state index in [-0.39, 0.29) is 23.3 Å². The van der Waals surface area contributed by atoms with Gasteiger partial charge in [0.05, 0.1) is 17.7 Å². The van der Waals surface area contributed by atoms with Crippen LogP contribution in [0.4, 0.5) is 5.82 Å². The first-order chi connectivity index (χ1) is 15.3. The highest BCUT2D eigenvalue weighted by atomic mass is 16.5. The Hall–Kier alpha value is -3.87. The number of ether oxygens (including phenoxy) is 1.